The summed E-state index contributed by atoms with van der Waals surface area (Å²) in [5.74, 6) is 0.851. The van der Waals surface area contributed by atoms with E-state index in [1.165, 1.54) is 19.3 Å². The first-order valence-corrected chi connectivity index (χ1v) is 6.69. The van der Waals surface area contributed by atoms with E-state index >= 15 is 0 Å². The van der Waals surface area contributed by atoms with Crippen LogP contribution in [-0.4, -0.2) is 18.5 Å². The molecule has 3 unspecified atom stereocenters. The van der Waals surface area contributed by atoms with Crippen LogP contribution in [-0.2, 0) is 4.79 Å². The van der Waals surface area contributed by atoms with Gasteiger partial charge in [-0.2, -0.15) is 0 Å². The van der Waals surface area contributed by atoms with Gasteiger partial charge in [0.1, 0.15) is 0 Å². The van der Waals surface area contributed by atoms with Gasteiger partial charge in [0.15, 0.2) is 0 Å². The van der Waals surface area contributed by atoms with E-state index in [1.807, 2.05) is 6.92 Å². The van der Waals surface area contributed by atoms with Crippen molar-refractivity contribution in [2.75, 3.05) is 6.54 Å². The summed E-state index contributed by atoms with van der Waals surface area (Å²) in [6.45, 7) is 4.83. The van der Waals surface area contributed by atoms with Crippen molar-refractivity contribution in [1.29, 1.82) is 0 Å². The van der Waals surface area contributed by atoms with Crippen molar-refractivity contribution < 1.29 is 4.79 Å². The molecule has 1 rings (SSSR count). The van der Waals surface area contributed by atoms with Crippen LogP contribution in [0.15, 0.2) is 0 Å². The van der Waals surface area contributed by atoms with Crippen molar-refractivity contribution >= 4 is 18.3 Å². The molecule has 1 amide bonds. The molecule has 102 valence electrons. The second kappa shape index (κ2) is 8.76. The minimum absolute atomic E-state index is 0. The number of rotatable bonds is 5. The van der Waals surface area contributed by atoms with Crippen LogP contribution in [0.3, 0.4) is 0 Å². The van der Waals surface area contributed by atoms with Gasteiger partial charge < -0.3 is 11.1 Å². The van der Waals surface area contributed by atoms with Gasteiger partial charge in [0.25, 0.3) is 0 Å². The number of amides is 1. The van der Waals surface area contributed by atoms with Crippen molar-refractivity contribution in [1.82, 2.24) is 5.32 Å². The van der Waals surface area contributed by atoms with Gasteiger partial charge in [0.2, 0.25) is 5.91 Å². The number of carbonyl (C=O) groups excluding carboxylic acids is 1. The molecule has 4 heteroatoms. The number of halogens is 1. The molecule has 3 atom stereocenters. The minimum Gasteiger partial charge on any atom is -0.353 e. The van der Waals surface area contributed by atoms with E-state index in [0.717, 1.165) is 19.3 Å². The molecule has 3 N–H and O–H groups in total. The highest BCUT2D eigenvalue weighted by molar-refractivity contribution is 5.85. The lowest BCUT2D eigenvalue weighted by Crippen LogP contribution is -2.46. The Balaban J connectivity index is 0.00000256. The summed E-state index contributed by atoms with van der Waals surface area (Å²) in [6, 6.07) is 0.325. The van der Waals surface area contributed by atoms with Crippen LogP contribution in [0.25, 0.3) is 0 Å². The normalized spacial score (nSPS) is 25.8. The van der Waals surface area contributed by atoms with Crippen LogP contribution in [0, 0.1) is 11.8 Å². The summed E-state index contributed by atoms with van der Waals surface area (Å²) in [6.07, 6.45) is 6.81. The standard InChI is InChI=1S/C13H26N2O.ClH/c1-3-6-10(2)13(16)15-12-8-5-4-7-11(12)9-14;/h10-12H,3-9,14H2,1-2H3,(H,15,16);1H. The van der Waals surface area contributed by atoms with Crippen LogP contribution in [0.4, 0.5) is 0 Å². The Morgan fingerprint density at radius 1 is 1.41 bits per heavy atom. The molecule has 0 saturated heterocycles. The second-order valence-corrected chi connectivity index (χ2v) is 5.09. The molecule has 0 heterocycles. The SMILES string of the molecule is CCCC(C)C(=O)NC1CCCCC1CN.Cl. The van der Waals surface area contributed by atoms with Gasteiger partial charge in [-0.25, -0.2) is 0 Å². The maximum atomic E-state index is 11.9. The maximum absolute atomic E-state index is 11.9. The molecule has 0 aromatic heterocycles. The Morgan fingerprint density at radius 3 is 2.65 bits per heavy atom. The average Bonchev–Trinajstić information content (AvgIpc) is 2.30. The predicted octanol–water partition coefficient (Wildman–Crippen LogP) is 2.48. The van der Waals surface area contributed by atoms with E-state index in [9.17, 15) is 4.79 Å². The monoisotopic (exact) mass is 262 g/mol. The Morgan fingerprint density at radius 2 is 2.06 bits per heavy atom. The molecule has 1 fully saturated rings. The van der Waals surface area contributed by atoms with Crippen molar-refractivity contribution in [2.45, 2.75) is 58.4 Å². The molecule has 17 heavy (non-hydrogen) atoms. The van der Waals surface area contributed by atoms with Crippen LogP contribution in [0.5, 0.6) is 0 Å². The first-order valence-electron chi connectivity index (χ1n) is 6.69. The molecule has 1 aliphatic rings. The lowest BCUT2D eigenvalue weighted by atomic mass is 9.84. The lowest BCUT2D eigenvalue weighted by Gasteiger charge is -2.32. The molecule has 0 spiro atoms. The highest BCUT2D eigenvalue weighted by atomic mass is 35.5. The highest BCUT2D eigenvalue weighted by Gasteiger charge is 2.26. The summed E-state index contributed by atoms with van der Waals surface area (Å²) in [5.41, 5.74) is 5.75. The molecule has 3 nitrogen and oxygen atoms in total. The third kappa shape index (κ3) is 5.26. The zero-order valence-corrected chi connectivity index (χ0v) is 11.9. The van der Waals surface area contributed by atoms with Crippen molar-refractivity contribution in [3.05, 3.63) is 0 Å². The Bertz CT molecular complexity index is 223. The van der Waals surface area contributed by atoms with Gasteiger partial charge in [-0.3, -0.25) is 4.79 Å². The molecule has 0 aromatic carbocycles. The molecular weight excluding hydrogens is 236 g/mol. The quantitative estimate of drug-likeness (QED) is 0.800. The summed E-state index contributed by atoms with van der Waals surface area (Å²) < 4.78 is 0. The molecular formula is C13H27ClN2O. The van der Waals surface area contributed by atoms with E-state index in [2.05, 4.69) is 12.2 Å². The minimum atomic E-state index is 0. The highest BCUT2D eigenvalue weighted by Crippen LogP contribution is 2.24. The lowest BCUT2D eigenvalue weighted by molar-refractivity contribution is -0.126. The van der Waals surface area contributed by atoms with E-state index in [4.69, 9.17) is 5.73 Å². The van der Waals surface area contributed by atoms with Gasteiger partial charge in [0, 0.05) is 12.0 Å². The summed E-state index contributed by atoms with van der Waals surface area (Å²) in [4.78, 5) is 11.9. The van der Waals surface area contributed by atoms with Crippen molar-refractivity contribution in [3.8, 4) is 0 Å². The van der Waals surface area contributed by atoms with Gasteiger partial charge in [-0.1, -0.05) is 33.1 Å². The predicted molar refractivity (Wildman–Crippen MR) is 74.3 cm³/mol. The van der Waals surface area contributed by atoms with Crippen LogP contribution >= 0.6 is 12.4 Å². The molecule has 0 aliphatic heterocycles. The molecule has 1 aliphatic carbocycles. The third-order valence-corrected chi connectivity index (χ3v) is 3.71. The first kappa shape index (κ1) is 16.7. The maximum Gasteiger partial charge on any atom is 0.223 e. The first-order chi connectivity index (χ1) is 7.69. The van der Waals surface area contributed by atoms with Gasteiger partial charge in [-0.05, 0) is 31.7 Å². The zero-order chi connectivity index (χ0) is 12.0. The number of hydrogen-bond acceptors (Lipinski definition) is 2. The fourth-order valence-electron chi connectivity index (χ4n) is 2.57. The van der Waals surface area contributed by atoms with E-state index < -0.39 is 0 Å². The average molecular weight is 263 g/mol. The van der Waals surface area contributed by atoms with Crippen LogP contribution in [0.1, 0.15) is 52.4 Å². The summed E-state index contributed by atoms with van der Waals surface area (Å²) in [5, 5.41) is 3.19. The fraction of sp³-hybridized carbons (Fsp3) is 0.923. The third-order valence-electron chi connectivity index (χ3n) is 3.71. The molecule has 0 bridgehead atoms. The van der Waals surface area contributed by atoms with Crippen molar-refractivity contribution in [3.63, 3.8) is 0 Å². The molecule has 0 radical (unpaired) electrons. The van der Waals surface area contributed by atoms with E-state index in [0.29, 0.717) is 18.5 Å². The number of nitrogens with one attached hydrogen (secondary N) is 1. The van der Waals surface area contributed by atoms with E-state index in [1.54, 1.807) is 0 Å². The summed E-state index contributed by atoms with van der Waals surface area (Å²) >= 11 is 0. The van der Waals surface area contributed by atoms with Gasteiger partial charge in [0.05, 0.1) is 0 Å². The second-order valence-electron chi connectivity index (χ2n) is 5.09. The molecule has 0 aromatic rings. The smallest absolute Gasteiger partial charge is 0.223 e. The van der Waals surface area contributed by atoms with Gasteiger partial charge in [-0.15, -0.1) is 12.4 Å². The van der Waals surface area contributed by atoms with Gasteiger partial charge >= 0.3 is 0 Å². The Kier molecular flexibility index (Phi) is 8.61. The van der Waals surface area contributed by atoms with Crippen LogP contribution in [0.2, 0.25) is 0 Å². The number of hydrogen-bond donors (Lipinski definition) is 2. The number of carbonyl (C=O) groups is 1. The zero-order valence-electron chi connectivity index (χ0n) is 11.1. The van der Waals surface area contributed by atoms with Crippen LogP contribution < -0.4 is 11.1 Å². The topological polar surface area (TPSA) is 55.1 Å². The Labute approximate surface area is 111 Å². The Hall–Kier alpha value is -0.280. The number of nitrogens with two attached hydrogens (primary N) is 1. The fourth-order valence-corrected chi connectivity index (χ4v) is 2.57. The van der Waals surface area contributed by atoms with E-state index in [-0.39, 0.29) is 24.2 Å². The molecule has 1 saturated carbocycles. The van der Waals surface area contributed by atoms with Crippen molar-refractivity contribution in [2.24, 2.45) is 17.6 Å². The summed E-state index contributed by atoms with van der Waals surface area (Å²) in [7, 11) is 0. The largest absolute Gasteiger partial charge is 0.353 e.